The number of nitrogens with one attached hydrogen (secondary N) is 1. The maximum absolute atomic E-state index is 13.4. The van der Waals surface area contributed by atoms with E-state index in [0.717, 1.165) is 11.3 Å². The minimum Gasteiger partial charge on any atom is -0.309 e. The zero-order valence-electron chi connectivity index (χ0n) is 16.7. The molecule has 0 bridgehead atoms. The molecule has 0 saturated carbocycles. The molecule has 6 nitrogen and oxygen atoms in total. The number of thioether (sulfide) groups is 1. The molecule has 31 heavy (non-hydrogen) atoms. The number of benzene rings is 3. The van der Waals surface area contributed by atoms with Gasteiger partial charge in [-0.3, -0.25) is 14.2 Å². The quantitative estimate of drug-likeness (QED) is 0.344. The predicted octanol–water partition coefficient (Wildman–Crippen LogP) is 4.22. The summed E-state index contributed by atoms with van der Waals surface area (Å²) in [7, 11) is 0. The van der Waals surface area contributed by atoms with Gasteiger partial charge in [-0.15, -0.1) is 0 Å². The Balaban J connectivity index is 1.63. The summed E-state index contributed by atoms with van der Waals surface area (Å²) >= 11 is 1.37. The van der Waals surface area contributed by atoms with Crippen molar-refractivity contribution >= 4 is 33.6 Å². The summed E-state index contributed by atoms with van der Waals surface area (Å²) in [6, 6.07) is 22.3. The summed E-state index contributed by atoms with van der Waals surface area (Å²) in [5.41, 5.74) is 2.74. The van der Waals surface area contributed by atoms with E-state index in [-0.39, 0.29) is 11.1 Å². The molecule has 0 aliphatic carbocycles. The normalized spacial score (nSPS) is 11.3. The van der Waals surface area contributed by atoms with Crippen LogP contribution in [0.4, 0.5) is 0 Å². The number of hydrogen-bond donors (Lipinski definition) is 1. The summed E-state index contributed by atoms with van der Waals surface area (Å²) in [5, 5.41) is 1.66. The van der Waals surface area contributed by atoms with Crippen molar-refractivity contribution in [3.05, 3.63) is 105 Å². The average molecular weight is 427 g/mol. The SMILES string of the molecule is Cc1ccccc1-n1c(SCc2nc3ccccc3c(=O)[nH]2)nc2ccccc2c1=O. The molecule has 3 aromatic carbocycles. The molecule has 2 aromatic heterocycles. The van der Waals surface area contributed by atoms with E-state index in [1.807, 2.05) is 67.6 Å². The first kappa shape index (κ1) is 19.3. The highest BCUT2D eigenvalue weighted by atomic mass is 32.2. The van der Waals surface area contributed by atoms with Gasteiger partial charge in [-0.1, -0.05) is 54.2 Å². The van der Waals surface area contributed by atoms with Crippen LogP contribution in [0.3, 0.4) is 0 Å². The molecule has 0 atom stereocenters. The number of aromatic nitrogens is 4. The lowest BCUT2D eigenvalue weighted by Crippen LogP contribution is -2.22. The molecule has 2 heterocycles. The van der Waals surface area contributed by atoms with Crippen LogP contribution in [-0.2, 0) is 5.75 Å². The van der Waals surface area contributed by atoms with Crippen molar-refractivity contribution in [3.63, 3.8) is 0 Å². The molecule has 5 aromatic rings. The van der Waals surface area contributed by atoms with Crippen LogP contribution < -0.4 is 11.1 Å². The average Bonchev–Trinajstić information content (AvgIpc) is 2.79. The van der Waals surface area contributed by atoms with Crippen LogP contribution in [-0.4, -0.2) is 19.5 Å². The topological polar surface area (TPSA) is 80.6 Å². The van der Waals surface area contributed by atoms with Crippen LogP contribution in [0.2, 0.25) is 0 Å². The lowest BCUT2D eigenvalue weighted by molar-refractivity contribution is 0.813. The Bertz CT molecular complexity index is 1560. The third kappa shape index (κ3) is 3.53. The van der Waals surface area contributed by atoms with E-state index in [1.54, 1.807) is 16.7 Å². The molecule has 0 saturated heterocycles. The molecule has 0 unspecified atom stereocenters. The highest BCUT2D eigenvalue weighted by Crippen LogP contribution is 2.25. The first-order chi connectivity index (χ1) is 15.1. The largest absolute Gasteiger partial charge is 0.309 e. The molecule has 5 rings (SSSR count). The second-order valence-electron chi connectivity index (χ2n) is 7.16. The van der Waals surface area contributed by atoms with E-state index < -0.39 is 0 Å². The lowest BCUT2D eigenvalue weighted by atomic mass is 10.2. The molecule has 7 heteroatoms. The summed E-state index contributed by atoms with van der Waals surface area (Å²) in [4.78, 5) is 37.9. The Hall–Kier alpha value is -3.71. The number of hydrogen-bond acceptors (Lipinski definition) is 5. The Morgan fingerprint density at radius 3 is 2.26 bits per heavy atom. The number of rotatable bonds is 4. The molecule has 0 radical (unpaired) electrons. The van der Waals surface area contributed by atoms with Gasteiger partial charge in [0.25, 0.3) is 11.1 Å². The van der Waals surface area contributed by atoms with Crippen LogP contribution >= 0.6 is 11.8 Å². The number of aryl methyl sites for hydroxylation is 1. The van der Waals surface area contributed by atoms with Crippen molar-refractivity contribution in [2.24, 2.45) is 0 Å². The fourth-order valence-corrected chi connectivity index (χ4v) is 4.45. The fraction of sp³-hybridized carbons (Fsp3) is 0.0833. The van der Waals surface area contributed by atoms with E-state index in [0.29, 0.717) is 38.5 Å². The number of H-pyrrole nitrogens is 1. The lowest BCUT2D eigenvalue weighted by Gasteiger charge is -2.15. The smallest absolute Gasteiger partial charge is 0.266 e. The molecule has 152 valence electrons. The van der Waals surface area contributed by atoms with E-state index in [4.69, 9.17) is 4.98 Å². The molecule has 0 amide bonds. The van der Waals surface area contributed by atoms with Crippen LogP contribution in [0.25, 0.3) is 27.5 Å². The van der Waals surface area contributed by atoms with Gasteiger partial charge < -0.3 is 4.98 Å². The number of fused-ring (bicyclic) bond motifs is 2. The molecule has 0 aliphatic heterocycles. The van der Waals surface area contributed by atoms with E-state index in [2.05, 4.69) is 9.97 Å². The Morgan fingerprint density at radius 1 is 0.839 bits per heavy atom. The molecular formula is C24H18N4O2S. The number of nitrogens with zero attached hydrogens (tertiary/aromatic N) is 3. The van der Waals surface area contributed by atoms with Gasteiger partial charge in [-0.05, 0) is 42.8 Å². The zero-order chi connectivity index (χ0) is 21.4. The minimum atomic E-state index is -0.177. The van der Waals surface area contributed by atoms with E-state index in [9.17, 15) is 9.59 Å². The molecule has 0 spiro atoms. The summed E-state index contributed by atoms with van der Waals surface area (Å²) in [6.45, 7) is 1.97. The van der Waals surface area contributed by atoms with Crippen LogP contribution in [0.15, 0.2) is 87.5 Å². The van der Waals surface area contributed by atoms with Crippen molar-refractivity contribution in [2.45, 2.75) is 17.8 Å². The maximum Gasteiger partial charge on any atom is 0.266 e. The van der Waals surface area contributed by atoms with Crippen LogP contribution in [0.1, 0.15) is 11.4 Å². The van der Waals surface area contributed by atoms with Crippen molar-refractivity contribution in [1.29, 1.82) is 0 Å². The van der Waals surface area contributed by atoms with Gasteiger partial charge in [0.05, 0.1) is 33.2 Å². The zero-order valence-corrected chi connectivity index (χ0v) is 17.5. The van der Waals surface area contributed by atoms with Gasteiger partial charge in [0.1, 0.15) is 5.82 Å². The van der Waals surface area contributed by atoms with Crippen molar-refractivity contribution < 1.29 is 0 Å². The molecule has 0 fully saturated rings. The first-order valence-corrected chi connectivity index (χ1v) is 10.8. The number of aromatic amines is 1. The third-order valence-corrected chi connectivity index (χ3v) is 6.05. The molecule has 0 aliphatic rings. The van der Waals surface area contributed by atoms with E-state index in [1.165, 1.54) is 11.8 Å². The van der Waals surface area contributed by atoms with Gasteiger partial charge >= 0.3 is 0 Å². The standard InChI is InChI=1S/C24H18N4O2S/c1-15-8-2-7-13-20(15)28-23(30)17-10-4-6-12-19(17)26-24(28)31-14-21-25-18-11-5-3-9-16(18)22(29)27-21/h2-13H,14H2,1H3,(H,25,27,29). The second kappa shape index (κ2) is 7.85. The van der Waals surface area contributed by atoms with Gasteiger partial charge in [0, 0.05) is 0 Å². The van der Waals surface area contributed by atoms with Crippen LogP contribution in [0.5, 0.6) is 0 Å². The third-order valence-electron chi connectivity index (χ3n) is 5.10. The molecular weight excluding hydrogens is 408 g/mol. The number of para-hydroxylation sites is 3. The van der Waals surface area contributed by atoms with Gasteiger partial charge in [0.15, 0.2) is 5.16 Å². The van der Waals surface area contributed by atoms with Gasteiger partial charge in [0.2, 0.25) is 0 Å². The summed E-state index contributed by atoms with van der Waals surface area (Å²) < 4.78 is 1.64. The Labute approximate surface area is 181 Å². The maximum atomic E-state index is 13.4. The first-order valence-electron chi connectivity index (χ1n) is 9.80. The monoisotopic (exact) mass is 426 g/mol. The minimum absolute atomic E-state index is 0.123. The highest BCUT2D eigenvalue weighted by Gasteiger charge is 2.15. The van der Waals surface area contributed by atoms with Crippen molar-refractivity contribution in [3.8, 4) is 5.69 Å². The summed E-state index contributed by atoms with van der Waals surface area (Å²) in [5.74, 6) is 0.906. The highest BCUT2D eigenvalue weighted by molar-refractivity contribution is 7.98. The Kier molecular flexibility index (Phi) is 4.88. The predicted molar refractivity (Wildman–Crippen MR) is 124 cm³/mol. The van der Waals surface area contributed by atoms with Crippen molar-refractivity contribution in [2.75, 3.05) is 0 Å². The van der Waals surface area contributed by atoms with E-state index >= 15 is 0 Å². The van der Waals surface area contributed by atoms with Gasteiger partial charge in [-0.2, -0.15) is 0 Å². The van der Waals surface area contributed by atoms with Gasteiger partial charge in [-0.25, -0.2) is 9.97 Å². The van der Waals surface area contributed by atoms with Crippen molar-refractivity contribution in [1.82, 2.24) is 19.5 Å². The van der Waals surface area contributed by atoms with Crippen LogP contribution in [0, 0.1) is 6.92 Å². The summed E-state index contributed by atoms with van der Waals surface area (Å²) in [6.07, 6.45) is 0. The Morgan fingerprint density at radius 2 is 1.48 bits per heavy atom. The fourth-order valence-electron chi connectivity index (χ4n) is 3.57. The molecule has 1 N–H and O–H groups in total. The second-order valence-corrected chi connectivity index (χ2v) is 8.10.